The van der Waals surface area contributed by atoms with E-state index in [1.54, 1.807) is 12.4 Å². The van der Waals surface area contributed by atoms with Gasteiger partial charge in [-0.3, -0.25) is 4.79 Å². The van der Waals surface area contributed by atoms with Gasteiger partial charge in [0.2, 0.25) is 5.95 Å². The molecule has 2 aromatic rings. The number of nitrogens with zero attached hydrogens (tertiary/aromatic N) is 5. The van der Waals surface area contributed by atoms with Crippen LogP contribution in [0.5, 0.6) is 0 Å². The lowest BCUT2D eigenvalue weighted by atomic mass is 10.2. The van der Waals surface area contributed by atoms with Crippen LogP contribution in [0.3, 0.4) is 0 Å². The fraction of sp³-hybridized carbons (Fsp3) is 0.438. The van der Waals surface area contributed by atoms with Crippen LogP contribution >= 0.6 is 0 Å². The molecule has 6 nitrogen and oxygen atoms in total. The molecule has 3 rings (SSSR count). The first-order chi connectivity index (χ1) is 10.6. The first kappa shape index (κ1) is 14.6. The molecular formula is C16H21N5O. The van der Waals surface area contributed by atoms with Crippen LogP contribution in [0.4, 0.5) is 5.95 Å². The molecule has 1 aliphatic heterocycles. The number of aryl methyl sites for hydroxylation is 1. The zero-order valence-electron chi connectivity index (χ0n) is 13.3. The molecule has 116 valence electrons. The van der Waals surface area contributed by atoms with Crippen molar-refractivity contribution in [2.45, 2.75) is 13.8 Å². The van der Waals surface area contributed by atoms with E-state index in [4.69, 9.17) is 0 Å². The Hall–Kier alpha value is -2.37. The van der Waals surface area contributed by atoms with Crippen molar-refractivity contribution in [3.05, 3.63) is 41.5 Å². The number of carbonyl (C=O) groups is 1. The van der Waals surface area contributed by atoms with Gasteiger partial charge in [-0.15, -0.1) is 0 Å². The summed E-state index contributed by atoms with van der Waals surface area (Å²) in [5.74, 6) is 0.858. The lowest BCUT2D eigenvalue weighted by Crippen LogP contribution is -2.49. The van der Waals surface area contributed by atoms with Gasteiger partial charge in [0.25, 0.3) is 5.91 Å². The monoisotopic (exact) mass is 299 g/mol. The van der Waals surface area contributed by atoms with E-state index in [2.05, 4.69) is 19.4 Å². The number of hydrogen-bond donors (Lipinski definition) is 0. The van der Waals surface area contributed by atoms with Crippen molar-refractivity contribution < 1.29 is 4.79 Å². The van der Waals surface area contributed by atoms with Crippen LogP contribution < -0.4 is 4.90 Å². The van der Waals surface area contributed by atoms with Gasteiger partial charge in [0.15, 0.2) is 0 Å². The highest BCUT2D eigenvalue weighted by atomic mass is 16.2. The first-order valence-corrected chi connectivity index (χ1v) is 7.52. The molecule has 0 spiro atoms. The second-order valence-electron chi connectivity index (χ2n) is 5.67. The lowest BCUT2D eigenvalue weighted by Gasteiger charge is -2.34. The number of piperazine rings is 1. The number of rotatable bonds is 2. The normalized spacial score (nSPS) is 15.2. The van der Waals surface area contributed by atoms with Crippen LogP contribution in [0.15, 0.2) is 24.5 Å². The maximum Gasteiger partial charge on any atom is 0.255 e. The highest BCUT2D eigenvalue weighted by Gasteiger charge is 2.25. The Morgan fingerprint density at radius 3 is 2.27 bits per heavy atom. The number of aromatic nitrogens is 3. The summed E-state index contributed by atoms with van der Waals surface area (Å²) in [4.78, 5) is 25.3. The van der Waals surface area contributed by atoms with Crippen molar-refractivity contribution in [3.8, 4) is 0 Å². The Labute approximate surface area is 130 Å². The summed E-state index contributed by atoms with van der Waals surface area (Å²) in [6.07, 6.45) is 3.49. The topological polar surface area (TPSA) is 54.3 Å². The molecule has 0 N–H and O–H groups in total. The molecule has 0 aliphatic carbocycles. The number of hydrogen-bond acceptors (Lipinski definition) is 4. The van der Waals surface area contributed by atoms with E-state index in [0.29, 0.717) is 13.1 Å². The van der Waals surface area contributed by atoms with Gasteiger partial charge in [0.05, 0.1) is 5.56 Å². The molecule has 1 fully saturated rings. The van der Waals surface area contributed by atoms with Crippen LogP contribution in [-0.2, 0) is 7.05 Å². The van der Waals surface area contributed by atoms with Gasteiger partial charge in [-0.25, -0.2) is 9.97 Å². The number of anilines is 1. The second-order valence-corrected chi connectivity index (χ2v) is 5.67. The van der Waals surface area contributed by atoms with Crippen LogP contribution in [0, 0.1) is 13.8 Å². The third-order valence-electron chi connectivity index (χ3n) is 4.41. The highest BCUT2D eigenvalue weighted by molar-refractivity contribution is 5.95. The van der Waals surface area contributed by atoms with E-state index < -0.39 is 0 Å². The maximum atomic E-state index is 12.7. The Morgan fingerprint density at radius 1 is 1.09 bits per heavy atom. The summed E-state index contributed by atoms with van der Waals surface area (Å²) in [5, 5.41) is 0. The average molecular weight is 299 g/mol. The van der Waals surface area contributed by atoms with Crippen molar-refractivity contribution in [1.29, 1.82) is 0 Å². The third-order valence-corrected chi connectivity index (χ3v) is 4.41. The van der Waals surface area contributed by atoms with Gasteiger partial charge < -0.3 is 14.4 Å². The molecule has 0 bridgehead atoms. The summed E-state index contributed by atoms with van der Waals surface area (Å²) in [7, 11) is 1.99. The molecule has 1 amide bonds. The van der Waals surface area contributed by atoms with Crippen LogP contribution in [0.2, 0.25) is 0 Å². The Balaban J connectivity index is 1.68. The van der Waals surface area contributed by atoms with Crippen molar-refractivity contribution in [3.63, 3.8) is 0 Å². The van der Waals surface area contributed by atoms with Crippen LogP contribution in [-0.4, -0.2) is 51.5 Å². The first-order valence-electron chi connectivity index (χ1n) is 7.52. The van der Waals surface area contributed by atoms with E-state index in [1.165, 1.54) is 0 Å². The maximum absolute atomic E-state index is 12.7. The van der Waals surface area contributed by atoms with Gasteiger partial charge in [-0.1, -0.05) is 0 Å². The molecular weight excluding hydrogens is 278 g/mol. The minimum Gasteiger partial charge on any atom is -0.351 e. The molecule has 0 unspecified atom stereocenters. The van der Waals surface area contributed by atoms with Gasteiger partial charge >= 0.3 is 0 Å². The van der Waals surface area contributed by atoms with Gasteiger partial charge in [-0.2, -0.15) is 0 Å². The van der Waals surface area contributed by atoms with Crippen molar-refractivity contribution in [1.82, 2.24) is 19.4 Å². The standard InChI is InChI=1S/C16H21N5O/c1-12-11-14(13(2)19(12)3)15(22)20-7-9-21(10-8-20)16-17-5-4-6-18-16/h4-6,11H,7-10H2,1-3H3. The third kappa shape index (κ3) is 2.56. The lowest BCUT2D eigenvalue weighted by molar-refractivity contribution is 0.0745. The molecule has 22 heavy (non-hydrogen) atoms. The largest absolute Gasteiger partial charge is 0.351 e. The Morgan fingerprint density at radius 2 is 1.73 bits per heavy atom. The zero-order chi connectivity index (χ0) is 15.7. The smallest absolute Gasteiger partial charge is 0.255 e. The van der Waals surface area contributed by atoms with Gasteiger partial charge in [0, 0.05) is 57.0 Å². The van der Waals surface area contributed by atoms with Crippen LogP contribution in [0.1, 0.15) is 21.7 Å². The minimum absolute atomic E-state index is 0.120. The molecule has 0 aromatic carbocycles. The molecule has 1 saturated heterocycles. The highest BCUT2D eigenvalue weighted by Crippen LogP contribution is 2.17. The molecule has 0 radical (unpaired) electrons. The molecule has 1 aliphatic rings. The summed E-state index contributed by atoms with van der Waals surface area (Å²) in [5.41, 5.74) is 2.94. The zero-order valence-corrected chi connectivity index (χ0v) is 13.3. The van der Waals surface area contributed by atoms with Crippen molar-refractivity contribution >= 4 is 11.9 Å². The van der Waals surface area contributed by atoms with Crippen molar-refractivity contribution in [2.24, 2.45) is 7.05 Å². The summed E-state index contributed by atoms with van der Waals surface area (Å²) < 4.78 is 2.06. The Bertz CT molecular complexity index is 671. The molecule has 2 aromatic heterocycles. The summed E-state index contributed by atoms with van der Waals surface area (Å²) >= 11 is 0. The number of carbonyl (C=O) groups excluding carboxylic acids is 1. The van der Waals surface area contributed by atoms with Crippen molar-refractivity contribution in [2.75, 3.05) is 31.1 Å². The molecule has 3 heterocycles. The predicted molar refractivity (Wildman–Crippen MR) is 85.0 cm³/mol. The predicted octanol–water partition coefficient (Wildman–Crippen LogP) is 1.39. The molecule has 0 atom stereocenters. The Kier molecular flexibility index (Phi) is 3.83. The number of amides is 1. The van der Waals surface area contributed by atoms with Gasteiger partial charge in [0.1, 0.15) is 0 Å². The summed E-state index contributed by atoms with van der Waals surface area (Å²) in [6, 6.07) is 3.79. The minimum atomic E-state index is 0.120. The molecule has 6 heteroatoms. The molecule has 0 saturated carbocycles. The van der Waals surface area contributed by atoms with Crippen LogP contribution in [0.25, 0.3) is 0 Å². The fourth-order valence-electron chi connectivity index (χ4n) is 2.81. The quantitative estimate of drug-likeness (QED) is 0.841. The van der Waals surface area contributed by atoms with E-state index in [0.717, 1.165) is 36.0 Å². The van der Waals surface area contributed by atoms with E-state index in [9.17, 15) is 4.79 Å². The summed E-state index contributed by atoms with van der Waals surface area (Å²) in [6.45, 7) is 6.94. The fourth-order valence-corrected chi connectivity index (χ4v) is 2.81. The van der Waals surface area contributed by atoms with E-state index >= 15 is 0 Å². The second kappa shape index (κ2) is 5.79. The SMILES string of the molecule is Cc1cc(C(=O)N2CCN(c3ncccn3)CC2)c(C)n1C. The van der Waals surface area contributed by atoms with E-state index in [-0.39, 0.29) is 5.91 Å². The van der Waals surface area contributed by atoms with Gasteiger partial charge in [-0.05, 0) is 26.0 Å². The van der Waals surface area contributed by atoms with E-state index in [1.807, 2.05) is 37.9 Å². The average Bonchev–Trinajstić information content (AvgIpc) is 2.83.